The van der Waals surface area contributed by atoms with Gasteiger partial charge in [0.1, 0.15) is 5.00 Å². The van der Waals surface area contributed by atoms with Gasteiger partial charge in [-0.3, -0.25) is 0 Å². The van der Waals surface area contributed by atoms with Crippen molar-refractivity contribution in [2.75, 3.05) is 18.4 Å². The van der Waals surface area contributed by atoms with E-state index in [4.69, 9.17) is 0 Å². The van der Waals surface area contributed by atoms with Gasteiger partial charge in [-0.25, -0.2) is 4.98 Å². The summed E-state index contributed by atoms with van der Waals surface area (Å²) in [5.41, 5.74) is 1.17. The van der Waals surface area contributed by atoms with Gasteiger partial charge in [-0.2, -0.15) is 0 Å². The maximum atomic E-state index is 4.40. The second-order valence-corrected chi connectivity index (χ2v) is 3.82. The first kappa shape index (κ1) is 7.06. The Morgan fingerprint density at radius 2 is 2.36 bits per heavy atom. The number of hydrogen-bond donors (Lipinski definition) is 2. The standard InChI is InChI=1S/C7H11N3S/c1-5-10-6-4-8-2-3-9-7(6)11-5/h8-9H,2-4H2,1H3. The predicted octanol–water partition coefficient (Wildman–Crippen LogP) is 0.967. The molecule has 1 aromatic heterocycles. The Labute approximate surface area is 69.8 Å². The summed E-state index contributed by atoms with van der Waals surface area (Å²) in [6, 6.07) is 0. The quantitative estimate of drug-likeness (QED) is 0.607. The average molecular weight is 169 g/mol. The second-order valence-electron chi connectivity index (χ2n) is 2.61. The lowest BCUT2D eigenvalue weighted by Crippen LogP contribution is -2.17. The fourth-order valence-electron chi connectivity index (χ4n) is 1.20. The molecule has 0 aliphatic carbocycles. The van der Waals surface area contributed by atoms with E-state index >= 15 is 0 Å². The summed E-state index contributed by atoms with van der Waals surface area (Å²) < 4.78 is 0. The van der Waals surface area contributed by atoms with Crippen molar-refractivity contribution in [1.29, 1.82) is 0 Å². The molecule has 0 amide bonds. The van der Waals surface area contributed by atoms with E-state index in [1.165, 1.54) is 10.7 Å². The van der Waals surface area contributed by atoms with Gasteiger partial charge in [0.2, 0.25) is 0 Å². The highest BCUT2D eigenvalue weighted by Gasteiger charge is 2.10. The van der Waals surface area contributed by atoms with Crippen LogP contribution in [0, 0.1) is 6.92 Å². The van der Waals surface area contributed by atoms with Crippen LogP contribution in [-0.2, 0) is 6.54 Å². The normalized spacial score (nSPS) is 16.8. The second kappa shape index (κ2) is 2.79. The van der Waals surface area contributed by atoms with Gasteiger partial charge in [-0.05, 0) is 6.92 Å². The minimum atomic E-state index is 0.909. The van der Waals surface area contributed by atoms with E-state index in [-0.39, 0.29) is 0 Å². The summed E-state index contributed by atoms with van der Waals surface area (Å²) >= 11 is 1.74. The molecule has 4 heteroatoms. The Bertz CT molecular complexity index is 233. The number of fused-ring (bicyclic) bond motifs is 1. The van der Waals surface area contributed by atoms with E-state index in [1.54, 1.807) is 11.3 Å². The first-order chi connectivity index (χ1) is 5.36. The molecule has 0 atom stereocenters. The number of nitrogens with one attached hydrogen (secondary N) is 2. The van der Waals surface area contributed by atoms with Gasteiger partial charge in [-0.15, -0.1) is 11.3 Å². The molecule has 0 spiro atoms. The highest BCUT2D eigenvalue weighted by Crippen LogP contribution is 2.24. The zero-order chi connectivity index (χ0) is 7.68. The predicted molar refractivity (Wildman–Crippen MR) is 47.0 cm³/mol. The molecule has 2 N–H and O–H groups in total. The van der Waals surface area contributed by atoms with Crippen molar-refractivity contribution in [3.8, 4) is 0 Å². The first-order valence-electron chi connectivity index (χ1n) is 3.77. The van der Waals surface area contributed by atoms with E-state index < -0.39 is 0 Å². The Morgan fingerprint density at radius 3 is 3.27 bits per heavy atom. The highest BCUT2D eigenvalue weighted by atomic mass is 32.1. The van der Waals surface area contributed by atoms with Crippen LogP contribution in [-0.4, -0.2) is 18.1 Å². The maximum absolute atomic E-state index is 4.40. The van der Waals surface area contributed by atoms with E-state index in [9.17, 15) is 0 Å². The third-order valence-electron chi connectivity index (χ3n) is 1.68. The molecule has 60 valence electrons. The van der Waals surface area contributed by atoms with E-state index in [0.29, 0.717) is 0 Å². The third kappa shape index (κ3) is 1.36. The van der Waals surface area contributed by atoms with Crippen molar-refractivity contribution in [1.82, 2.24) is 10.3 Å². The smallest absolute Gasteiger partial charge is 0.113 e. The lowest BCUT2D eigenvalue weighted by atomic mass is 10.4. The van der Waals surface area contributed by atoms with Gasteiger partial charge < -0.3 is 10.6 Å². The number of anilines is 1. The zero-order valence-corrected chi connectivity index (χ0v) is 7.29. The zero-order valence-electron chi connectivity index (χ0n) is 6.48. The van der Waals surface area contributed by atoms with Crippen LogP contribution in [0.25, 0.3) is 0 Å². The molecule has 2 rings (SSSR count). The summed E-state index contributed by atoms with van der Waals surface area (Å²) in [7, 11) is 0. The van der Waals surface area contributed by atoms with Gasteiger partial charge in [-0.1, -0.05) is 0 Å². The van der Waals surface area contributed by atoms with Crippen LogP contribution in [0.5, 0.6) is 0 Å². The molecule has 2 heterocycles. The number of aryl methyl sites for hydroxylation is 1. The molecule has 1 aliphatic rings. The molecule has 0 unspecified atom stereocenters. The number of nitrogens with zero attached hydrogens (tertiary/aromatic N) is 1. The van der Waals surface area contributed by atoms with E-state index in [1.807, 2.05) is 6.92 Å². The third-order valence-corrected chi connectivity index (χ3v) is 2.65. The molecule has 0 bridgehead atoms. The van der Waals surface area contributed by atoms with Crippen LogP contribution >= 0.6 is 11.3 Å². The molecule has 0 saturated carbocycles. The van der Waals surface area contributed by atoms with Gasteiger partial charge in [0.25, 0.3) is 0 Å². The van der Waals surface area contributed by atoms with Crippen molar-refractivity contribution < 1.29 is 0 Å². The van der Waals surface area contributed by atoms with Crippen LogP contribution in [0.4, 0.5) is 5.00 Å². The molecule has 0 fully saturated rings. The lowest BCUT2D eigenvalue weighted by Gasteiger charge is -1.96. The SMILES string of the molecule is Cc1nc2c(s1)NCCNC2. The first-order valence-corrected chi connectivity index (χ1v) is 4.59. The van der Waals surface area contributed by atoms with Crippen molar-refractivity contribution in [3.63, 3.8) is 0 Å². The molecule has 0 radical (unpaired) electrons. The lowest BCUT2D eigenvalue weighted by molar-refractivity contribution is 0.713. The van der Waals surface area contributed by atoms with Crippen molar-refractivity contribution in [2.24, 2.45) is 0 Å². The van der Waals surface area contributed by atoms with Gasteiger partial charge in [0.15, 0.2) is 0 Å². The minimum absolute atomic E-state index is 0.909. The molecule has 1 aromatic rings. The van der Waals surface area contributed by atoms with Gasteiger partial charge in [0.05, 0.1) is 10.7 Å². The number of rotatable bonds is 0. The summed E-state index contributed by atoms with van der Waals surface area (Å²) in [6.07, 6.45) is 0. The largest absolute Gasteiger partial charge is 0.374 e. The Hall–Kier alpha value is -0.610. The Kier molecular flexibility index (Phi) is 1.79. The van der Waals surface area contributed by atoms with Crippen LogP contribution in [0.3, 0.4) is 0 Å². The van der Waals surface area contributed by atoms with E-state index in [0.717, 1.165) is 24.6 Å². The fraction of sp³-hybridized carbons (Fsp3) is 0.571. The summed E-state index contributed by atoms with van der Waals surface area (Å²) in [5.74, 6) is 0. The molecule has 11 heavy (non-hydrogen) atoms. The molecule has 0 aromatic carbocycles. The molecular weight excluding hydrogens is 158 g/mol. The fourth-order valence-corrected chi connectivity index (χ4v) is 2.06. The van der Waals surface area contributed by atoms with Crippen LogP contribution < -0.4 is 10.6 Å². The highest BCUT2D eigenvalue weighted by molar-refractivity contribution is 7.15. The Balaban J connectivity index is 2.32. The molecule has 1 aliphatic heterocycles. The van der Waals surface area contributed by atoms with Gasteiger partial charge >= 0.3 is 0 Å². The van der Waals surface area contributed by atoms with Crippen LogP contribution in [0.15, 0.2) is 0 Å². The molecular formula is C7H11N3S. The maximum Gasteiger partial charge on any atom is 0.113 e. The van der Waals surface area contributed by atoms with Gasteiger partial charge in [0, 0.05) is 19.6 Å². The van der Waals surface area contributed by atoms with Crippen molar-refractivity contribution in [2.45, 2.75) is 13.5 Å². The van der Waals surface area contributed by atoms with Crippen molar-refractivity contribution in [3.05, 3.63) is 10.7 Å². The topological polar surface area (TPSA) is 37.0 Å². The van der Waals surface area contributed by atoms with E-state index in [2.05, 4.69) is 15.6 Å². The Morgan fingerprint density at radius 1 is 1.45 bits per heavy atom. The summed E-state index contributed by atoms with van der Waals surface area (Å²) in [5, 5.41) is 9.03. The minimum Gasteiger partial charge on any atom is -0.374 e. The number of thiazole rings is 1. The number of aromatic nitrogens is 1. The summed E-state index contributed by atoms with van der Waals surface area (Å²) in [4.78, 5) is 4.40. The summed E-state index contributed by atoms with van der Waals surface area (Å²) in [6.45, 7) is 4.99. The van der Waals surface area contributed by atoms with Crippen LogP contribution in [0.2, 0.25) is 0 Å². The molecule has 3 nitrogen and oxygen atoms in total. The molecule has 0 saturated heterocycles. The van der Waals surface area contributed by atoms with Crippen LogP contribution in [0.1, 0.15) is 10.7 Å². The average Bonchev–Trinajstić information content (AvgIpc) is 2.17. The number of hydrogen-bond acceptors (Lipinski definition) is 4. The van der Waals surface area contributed by atoms with Crippen molar-refractivity contribution >= 4 is 16.3 Å². The monoisotopic (exact) mass is 169 g/mol.